The number of alkyl halides is 2. The SMILES string of the molecule is CC(C)(O)C1CCCN1C(=O)Nc1ccn(CC(F)F)n1. The number of carbonyl (C=O) groups is 1. The quantitative estimate of drug-likeness (QED) is 0.892. The molecule has 2 rings (SSSR count). The van der Waals surface area contributed by atoms with Crippen molar-refractivity contribution in [2.24, 2.45) is 0 Å². The van der Waals surface area contributed by atoms with Gasteiger partial charge in [0.1, 0.15) is 6.54 Å². The van der Waals surface area contributed by atoms with E-state index in [4.69, 9.17) is 0 Å². The van der Waals surface area contributed by atoms with Crippen molar-refractivity contribution in [1.29, 1.82) is 0 Å². The number of aromatic nitrogens is 2. The Morgan fingerprint density at radius 2 is 2.33 bits per heavy atom. The minimum Gasteiger partial charge on any atom is -0.388 e. The van der Waals surface area contributed by atoms with Crippen LogP contribution in [0.25, 0.3) is 0 Å². The Bertz CT molecular complexity index is 499. The third kappa shape index (κ3) is 3.90. The lowest BCUT2D eigenvalue weighted by molar-refractivity contribution is 0.0117. The first kappa shape index (κ1) is 15.7. The molecule has 0 spiro atoms. The third-order valence-corrected chi connectivity index (χ3v) is 3.53. The molecule has 118 valence electrons. The summed E-state index contributed by atoms with van der Waals surface area (Å²) in [5.74, 6) is 0.224. The molecule has 0 aromatic carbocycles. The fourth-order valence-electron chi connectivity index (χ4n) is 2.60. The molecule has 1 aromatic heterocycles. The number of carbonyl (C=O) groups excluding carboxylic acids is 1. The van der Waals surface area contributed by atoms with E-state index in [1.807, 2.05) is 0 Å². The van der Waals surface area contributed by atoms with Crippen LogP contribution in [0.1, 0.15) is 26.7 Å². The maximum atomic E-state index is 12.2. The zero-order chi connectivity index (χ0) is 15.6. The van der Waals surface area contributed by atoms with Gasteiger partial charge < -0.3 is 10.0 Å². The number of anilines is 1. The molecule has 2 amide bonds. The summed E-state index contributed by atoms with van der Waals surface area (Å²) >= 11 is 0. The van der Waals surface area contributed by atoms with Gasteiger partial charge in [0.25, 0.3) is 6.43 Å². The van der Waals surface area contributed by atoms with Gasteiger partial charge >= 0.3 is 6.03 Å². The molecule has 2 heterocycles. The average Bonchev–Trinajstić information content (AvgIpc) is 2.96. The van der Waals surface area contributed by atoms with Gasteiger partial charge in [-0.15, -0.1) is 0 Å². The van der Waals surface area contributed by atoms with Crippen LogP contribution in [-0.2, 0) is 6.54 Å². The van der Waals surface area contributed by atoms with Gasteiger partial charge in [0.05, 0.1) is 11.6 Å². The van der Waals surface area contributed by atoms with Crippen LogP contribution < -0.4 is 5.32 Å². The number of halogens is 2. The Balaban J connectivity index is 1.99. The first-order chi connectivity index (χ1) is 9.77. The summed E-state index contributed by atoms with van der Waals surface area (Å²) < 4.78 is 25.6. The Morgan fingerprint density at radius 1 is 1.62 bits per heavy atom. The van der Waals surface area contributed by atoms with E-state index in [-0.39, 0.29) is 17.9 Å². The maximum absolute atomic E-state index is 12.2. The topological polar surface area (TPSA) is 70.4 Å². The van der Waals surface area contributed by atoms with Crippen molar-refractivity contribution in [2.45, 2.75) is 51.3 Å². The lowest BCUT2D eigenvalue weighted by atomic mass is 9.97. The van der Waals surface area contributed by atoms with E-state index in [0.29, 0.717) is 6.54 Å². The molecule has 1 atom stereocenters. The monoisotopic (exact) mass is 302 g/mol. The van der Waals surface area contributed by atoms with Crippen molar-refractivity contribution in [2.75, 3.05) is 11.9 Å². The molecule has 0 radical (unpaired) electrons. The van der Waals surface area contributed by atoms with Gasteiger partial charge in [0.15, 0.2) is 5.82 Å². The van der Waals surface area contributed by atoms with E-state index in [1.54, 1.807) is 18.7 Å². The van der Waals surface area contributed by atoms with Gasteiger partial charge in [-0.05, 0) is 26.7 Å². The number of nitrogens with one attached hydrogen (secondary N) is 1. The molecule has 1 aromatic rings. The molecule has 0 aliphatic carbocycles. The van der Waals surface area contributed by atoms with Gasteiger partial charge in [0, 0.05) is 18.8 Å². The molecule has 1 aliphatic heterocycles. The smallest absolute Gasteiger partial charge is 0.323 e. The van der Waals surface area contributed by atoms with Gasteiger partial charge in [-0.2, -0.15) is 5.10 Å². The van der Waals surface area contributed by atoms with Crippen LogP contribution in [0.4, 0.5) is 19.4 Å². The number of rotatable bonds is 4. The second-order valence-electron chi connectivity index (χ2n) is 5.75. The first-order valence-corrected chi connectivity index (χ1v) is 6.89. The summed E-state index contributed by atoms with van der Waals surface area (Å²) in [6, 6.07) is 0.831. The van der Waals surface area contributed by atoms with Crippen LogP contribution in [0.15, 0.2) is 12.3 Å². The van der Waals surface area contributed by atoms with Gasteiger partial charge in [-0.25, -0.2) is 13.6 Å². The fraction of sp³-hybridized carbons (Fsp3) is 0.692. The average molecular weight is 302 g/mol. The molecule has 1 unspecified atom stereocenters. The minimum absolute atomic E-state index is 0.224. The predicted molar refractivity (Wildman–Crippen MR) is 73.3 cm³/mol. The molecule has 21 heavy (non-hydrogen) atoms. The number of nitrogens with zero attached hydrogens (tertiary/aromatic N) is 3. The van der Waals surface area contributed by atoms with Crippen molar-refractivity contribution in [3.63, 3.8) is 0 Å². The molecule has 6 nitrogen and oxygen atoms in total. The number of likely N-dealkylation sites (tertiary alicyclic amines) is 1. The largest absolute Gasteiger partial charge is 0.388 e. The number of amides is 2. The van der Waals surface area contributed by atoms with E-state index in [2.05, 4.69) is 10.4 Å². The summed E-state index contributed by atoms with van der Waals surface area (Å²) in [6.07, 6.45) is 0.448. The number of urea groups is 1. The Morgan fingerprint density at radius 3 is 2.95 bits per heavy atom. The summed E-state index contributed by atoms with van der Waals surface area (Å²) in [7, 11) is 0. The second-order valence-corrected chi connectivity index (χ2v) is 5.75. The van der Waals surface area contributed by atoms with E-state index >= 15 is 0 Å². The molecule has 1 aliphatic rings. The van der Waals surface area contributed by atoms with Crippen molar-refractivity contribution in [3.8, 4) is 0 Å². The zero-order valence-corrected chi connectivity index (χ0v) is 12.1. The highest BCUT2D eigenvalue weighted by molar-refractivity contribution is 5.88. The predicted octanol–water partition coefficient (Wildman–Crippen LogP) is 1.92. The molecule has 1 saturated heterocycles. The number of aliphatic hydroxyl groups is 1. The normalized spacial score (nSPS) is 19.3. The number of hydrogen-bond acceptors (Lipinski definition) is 3. The van der Waals surface area contributed by atoms with E-state index in [9.17, 15) is 18.7 Å². The third-order valence-electron chi connectivity index (χ3n) is 3.53. The molecule has 8 heteroatoms. The van der Waals surface area contributed by atoms with E-state index in [0.717, 1.165) is 17.5 Å². The van der Waals surface area contributed by atoms with Gasteiger partial charge in [0.2, 0.25) is 0 Å². The van der Waals surface area contributed by atoms with Crippen LogP contribution in [-0.4, -0.2) is 50.4 Å². The van der Waals surface area contributed by atoms with Gasteiger partial charge in [-0.1, -0.05) is 0 Å². The lowest BCUT2D eigenvalue weighted by Crippen LogP contribution is -2.49. The molecular weight excluding hydrogens is 282 g/mol. The van der Waals surface area contributed by atoms with Crippen molar-refractivity contribution in [3.05, 3.63) is 12.3 Å². The molecule has 2 N–H and O–H groups in total. The lowest BCUT2D eigenvalue weighted by Gasteiger charge is -2.33. The standard InChI is InChI=1S/C13H20F2N4O2/c1-13(2,21)9-4-3-6-19(9)12(20)16-11-5-7-18(17-11)8-10(14)15/h5,7,9-10,21H,3-4,6,8H2,1-2H3,(H,16,17,20). The highest BCUT2D eigenvalue weighted by Gasteiger charge is 2.38. The Kier molecular flexibility index (Phi) is 4.46. The summed E-state index contributed by atoms with van der Waals surface area (Å²) in [5, 5.41) is 16.5. The zero-order valence-electron chi connectivity index (χ0n) is 12.1. The van der Waals surface area contributed by atoms with Gasteiger partial charge in [-0.3, -0.25) is 10.00 Å². The van der Waals surface area contributed by atoms with E-state index < -0.39 is 18.6 Å². The Labute approximate surface area is 121 Å². The Hall–Kier alpha value is -1.70. The van der Waals surface area contributed by atoms with Crippen LogP contribution in [0.2, 0.25) is 0 Å². The molecule has 0 bridgehead atoms. The fourth-order valence-corrected chi connectivity index (χ4v) is 2.60. The minimum atomic E-state index is -2.49. The van der Waals surface area contributed by atoms with Crippen LogP contribution in [0.5, 0.6) is 0 Å². The van der Waals surface area contributed by atoms with Crippen molar-refractivity contribution >= 4 is 11.8 Å². The van der Waals surface area contributed by atoms with Crippen molar-refractivity contribution < 1.29 is 18.7 Å². The van der Waals surface area contributed by atoms with E-state index in [1.165, 1.54) is 12.3 Å². The van der Waals surface area contributed by atoms with Crippen LogP contribution >= 0.6 is 0 Å². The second kappa shape index (κ2) is 5.97. The highest BCUT2D eigenvalue weighted by Crippen LogP contribution is 2.27. The molecular formula is C13H20F2N4O2. The van der Waals surface area contributed by atoms with Crippen LogP contribution in [0, 0.1) is 0 Å². The molecule has 0 saturated carbocycles. The summed E-state index contributed by atoms with van der Waals surface area (Å²) in [5.41, 5.74) is -0.983. The first-order valence-electron chi connectivity index (χ1n) is 6.89. The summed E-state index contributed by atoms with van der Waals surface area (Å²) in [4.78, 5) is 13.8. The number of hydrogen-bond donors (Lipinski definition) is 2. The van der Waals surface area contributed by atoms with Crippen LogP contribution in [0.3, 0.4) is 0 Å². The highest BCUT2D eigenvalue weighted by atomic mass is 19.3. The van der Waals surface area contributed by atoms with Crippen molar-refractivity contribution in [1.82, 2.24) is 14.7 Å². The summed E-state index contributed by atoms with van der Waals surface area (Å²) in [6.45, 7) is 3.38. The maximum Gasteiger partial charge on any atom is 0.323 e. The molecule has 1 fully saturated rings.